The molecule has 0 unspecified atom stereocenters. The van der Waals surface area contributed by atoms with Crippen LogP contribution in [0.25, 0.3) is 22.8 Å². The fraction of sp³-hybridized carbons (Fsp3) is 0.182. The fourth-order valence-electron chi connectivity index (χ4n) is 4.12. The van der Waals surface area contributed by atoms with Crippen LogP contribution in [0.1, 0.15) is 34.4 Å². The van der Waals surface area contributed by atoms with Gasteiger partial charge in [0.15, 0.2) is 0 Å². The monoisotopic (exact) mass is 298 g/mol. The fourth-order valence-corrected chi connectivity index (χ4v) is 4.12. The van der Waals surface area contributed by atoms with Gasteiger partial charge < -0.3 is 4.42 Å². The van der Waals surface area contributed by atoms with Crippen LogP contribution >= 0.6 is 0 Å². The summed E-state index contributed by atoms with van der Waals surface area (Å²) in [6, 6.07) is 17.3. The number of fused-ring (bicyclic) bond motifs is 2. The average molecular weight is 298 g/mol. The van der Waals surface area contributed by atoms with Gasteiger partial charge in [0.2, 0.25) is 0 Å². The lowest BCUT2D eigenvalue weighted by atomic mass is 9.90. The van der Waals surface area contributed by atoms with Crippen LogP contribution in [0.15, 0.2) is 59.2 Å². The molecule has 2 aliphatic rings. The van der Waals surface area contributed by atoms with Crippen molar-refractivity contribution in [3.63, 3.8) is 0 Å². The number of hydrogen-bond acceptors (Lipinski definition) is 1. The standard InChI is InChI=1S/C22H18O/c1-2-6-15(7-3-1)22-19-9-4-8-16(19)12-17-13-18(14-20(17)22)21-10-5-11-23-21/h1-3,5-7,10-12,14H,4,8-9,13H2. The lowest BCUT2D eigenvalue weighted by Gasteiger charge is -2.14. The van der Waals surface area contributed by atoms with Gasteiger partial charge in [0.1, 0.15) is 5.76 Å². The average Bonchev–Trinajstić information content (AvgIpc) is 3.32. The summed E-state index contributed by atoms with van der Waals surface area (Å²) in [6.07, 6.45) is 8.80. The van der Waals surface area contributed by atoms with Crippen molar-refractivity contribution in [3.05, 3.63) is 82.8 Å². The van der Waals surface area contributed by atoms with Gasteiger partial charge in [-0.15, -0.1) is 0 Å². The zero-order valence-corrected chi connectivity index (χ0v) is 13.0. The first-order valence-corrected chi connectivity index (χ1v) is 8.37. The second-order valence-corrected chi connectivity index (χ2v) is 6.51. The van der Waals surface area contributed by atoms with Crippen LogP contribution in [0.2, 0.25) is 0 Å². The largest absolute Gasteiger partial charge is 0.465 e. The van der Waals surface area contributed by atoms with Crippen LogP contribution in [0.3, 0.4) is 0 Å². The highest BCUT2D eigenvalue weighted by Gasteiger charge is 2.25. The molecule has 0 saturated carbocycles. The molecule has 2 aliphatic carbocycles. The number of hydrogen-bond donors (Lipinski definition) is 0. The minimum absolute atomic E-state index is 0.982. The number of allylic oxidation sites excluding steroid dienone is 1. The summed E-state index contributed by atoms with van der Waals surface area (Å²) in [7, 11) is 0. The lowest BCUT2D eigenvalue weighted by Crippen LogP contribution is -1.96. The van der Waals surface area contributed by atoms with Gasteiger partial charge in [0.25, 0.3) is 0 Å². The zero-order valence-electron chi connectivity index (χ0n) is 13.0. The molecule has 0 fully saturated rings. The Balaban J connectivity index is 1.74. The van der Waals surface area contributed by atoms with Crippen LogP contribution in [-0.4, -0.2) is 0 Å². The van der Waals surface area contributed by atoms with Crippen LogP contribution in [0.4, 0.5) is 0 Å². The predicted octanol–water partition coefficient (Wildman–Crippen LogP) is 5.53. The Morgan fingerprint density at radius 3 is 2.61 bits per heavy atom. The Hall–Kier alpha value is -2.54. The molecule has 112 valence electrons. The number of furan rings is 1. The normalized spacial score (nSPS) is 15.4. The maximum absolute atomic E-state index is 5.63. The topological polar surface area (TPSA) is 13.1 Å². The molecule has 5 rings (SSSR count). The molecule has 0 atom stereocenters. The van der Waals surface area contributed by atoms with E-state index in [0.29, 0.717) is 0 Å². The quantitative estimate of drug-likeness (QED) is 0.606. The molecule has 0 radical (unpaired) electrons. The maximum Gasteiger partial charge on any atom is 0.130 e. The molecule has 1 nitrogen and oxygen atoms in total. The van der Waals surface area contributed by atoms with Crippen molar-refractivity contribution in [3.8, 4) is 11.1 Å². The molecule has 0 saturated heterocycles. The Morgan fingerprint density at radius 2 is 1.78 bits per heavy atom. The summed E-state index contributed by atoms with van der Waals surface area (Å²) in [5.74, 6) is 1.00. The number of rotatable bonds is 2. The van der Waals surface area contributed by atoms with Crippen molar-refractivity contribution in [1.82, 2.24) is 0 Å². The van der Waals surface area contributed by atoms with E-state index >= 15 is 0 Å². The SMILES string of the molecule is C1=C(c2ccco2)Cc2cc3c(c(-c4ccccc4)c21)CCC3. The van der Waals surface area contributed by atoms with E-state index < -0.39 is 0 Å². The van der Waals surface area contributed by atoms with Crippen LogP contribution in [-0.2, 0) is 19.3 Å². The number of aryl methyl sites for hydroxylation is 1. The molecule has 2 aromatic carbocycles. The second kappa shape index (κ2) is 4.99. The molecule has 0 aliphatic heterocycles. The van der Waals surface area contributed by atoms with Gasteiger partial charge in [-0.3, -0.25) is 0 Å². The van der Waals surface area contributed by atoms with Crippen molar-refractivity contribution >= 4 is 11.6 Å². The Labute approximate surface area is 136 Å². The van der Waals surface area contributed by atoms with Crippen LogP contribution in [0.5, 0.6) is 0 Å². The molecular formula is C22H18O. The third-order valence-corrected chi connectivity index (χ3v) is 5.13. The van der Waals surface area contributed by atoms with Crippen molar-refractivity contribution < 1.29 is 4.42 Å². The van der Waals surface area contributed by atoms with E-state index in [1.165, 1.54) is 47.1 Å². The van der Waals surface area contributed by atoms with Crippen LogP contribution in [0, 0.1) is 0 Å². The highest BCUT2D eigenvalue weighted by molar-refractivity contribution is 5.94. The van der Waals surface area contributed by atoms with Gasteiger partial charge in [-0.05, 0) is 76.4 Å². The van der Waals surface area contributed by atoms with Crippen molar-refractivity contribution in [2.75, 3.05) is 0 Å². The Morgan fingerprint density at radius 1 is 0.870 bits per heavy atom. The van der Waals surface area contributed by atoms with Gasteiger partial charge in [-0.2, -0.15) is 0 Å². The Bertz CT molecular complexity index is 899. The van der Waals surface area contributed by atoms with Crippen molar-refractivity contribution in [2.45, 2.75) is 25.7 Å². The lowest BCUT2D eigenvalue weighted by molar-refractivity contribution is 0.552. The molecule has 1 heteroatoms. The van der Waals surface area contributed by atoms with E-state index in [9.17, 15) is 0 Å². The molecule has 0 bridgehead atoms. The van der Waals surface area contributed by atoms with E-state index in [4.69, 9.17) is 4.42 Å². The summed E-state index contributed by atoms with van der Waals surface area (Å²) in [5, 5.41) is 0. The number of benzene rings is 2. The van der Waals surface area contributed by atoms with Gasteiger partial charge in [-0.25, -0.2) is 0 Å². The highest BCUT2D eigenvalue weighted by atomic mass is 16.3. The van der Waals surface area contributed by atoms with E-state index in [0.717, 1.165) is 12.2 Å². The summed E-state index contributed by atoms with van der Waals surface area (Å²) in [4.78, 5) is 0. The minimum atomic E-state index is 0.982. The van der Waals surface area contributed by atoms with Gasteiger partial charge in [0, 0.05) is 6.42 Å². The Kier molecular flexibility index (Phi) is 2.81. The third-order valence-electron chi connectivity index (χ3n) is 5.13. The first kappa shape index (κ1) is 13.0. The van der Waals surface area contributed by atoms with E-state index in [1.807, 2.05) is 6.07 Å². The molecule has 0 spiro atoms. The highest BCUT2D eigenvalue weighted by Crippen LogP contribution is 2.43. The van der Waals surface area contributed by atoms with E-state index in [1.54, 1.807) is 17.4 Å². The molecule has 1 heterocycles. The first-order valence-electron chi connectivity index (χ1n) is 8.37. The van der Waals surface area contributed by atoms with Gasteiger partial charge in [0.05, 0.1) is 6.26 Å². The molecule has 0 amide bonds. The first-order chi connectivity index (χ1) is 11.4. The molecule has 3 aromatic rings. The van der Waals surface area contributed by atoms with E-state index in [2.05, 4.69) is 48.5 Å². The van der Waals surface area contributed by atoms with Crippen molar-refractivity contribution in [2.24, 2.45) is 0 Å². The molecule has 1 aromatic heterocycles. The summed E-state index contributed by atoms with van der Waals surface area (Å²) < 4.78 is 5.63. The minimum Gasteiger partial charge on any atom is -0.465 e. The second-order valence-electron chi connectivity index (χ2n) is 6.51. The maximum atomic E-state index is 5.63. The summed E-state index contributed by atoms with van der Waals surface area (Å²) >= 11 is 0. The van der Waals surface area contributed by atoms with E-state index in [-0.39, 0.29) is 0 Å². The summed E-state index contributed by atoms with van der Waals surface area (Å²) in [6.45, 7) is 0. The van der Waals surface area contributed by atoms with Gasteiger partial charge in [-0.1, -0.05) is 36.4 Å². The third kappa shape index (κ3) is 2.00. The molecule has 23 heavy (non-hydrogen) atoms. The molecule has 0 N–H and O–H groups in total. The molecular weight excluding hydrogens is 280 g/mol. The zero-order chi connectivity index (χ0) is 15.2. The van der Waals surface area contributed by atoms with Crippen LogP contribution < -0.4 is 0 Å². The van der Waals surface area contributed by atoms with Crippen molar-refractivity contribution in [1.29, 1.82) is 0 Å². The predicted molar refractivity (Wildman–Crippen MR) is 94.2 cm³/mol. The summed E-state index contributed by atoms with van der Waals surface area (Å²) in [5.41, 5.74) is 10.1. The van der Waals surface area contributed by atoms with Gasteiger partial charge >= 0.3 is 0 Å². The smallest absolute Gasteiger partial charge is 0.130 e.